The summed E-state index contributed by atoms with van der Waals surface area (Å²) in [6.07, 6.45) is 2.42. The number of aromatic nitrogens is 1. The normalized spacial score (nSPS) is 16.3. The van der Waals surface area contributed by atoms with Crippen LogP contribution in [0.5, 0.6) is 0 Å². The second kappa shape index (κ2) is 9.04. The molecule has 27 heavy (non-hydrogen) atoms. The highest BCUT2D eigenvalue weighted by molar-refractivity contribution is 5.88. The average Bonchev–Trinajstić information content (AvgIpc) is 3.07. The van der Waals surface area contributed by atoms with Crippen molar-refractivity contribution in [1.82, 2.24) is 20.5 Å². The summed E-state index contributed by atoms with van der Waals surface area (Å²) in [5.74, 6) is -0.218. The number of fused-ring (bicyclic) bond motifs is 3. The van der Waals surface area contributed by atoms with Crippen LogP contribution in [0.3, 0.4) is 0 Å². The highest BCUT2D eigenvalue weighted by atomic mass is 16.2. The zero-order valence-corrected chi connectivity index (χ0v) is 16.3. The lowest BCUT2D eigenvalue weighted by Crippen LogP contribution is -2.42. The number of rotatable bonds is 8. The van der Waals surface area contributed by atoms with E-state index in [1.54, 1.807) is 0 Å². The number of nitrogens with zero attached hydrogens (tertiary/aromatic N) is 1. The molecule has 6 nitrogen and oxygen atoms in total. The first kappa shape index (κ1) is 19.4. The standard InChI is InChI=1S/C21H30N4O2/c1-3-25(4-2)12-11-22-20(26)14-23-21(27)15-9-10-19-17(13-15)16-7-5-6-8-18(16)24-19/h5-8,15,24H,3-4,9-14H2,1-2H3,(H,22,26)(H,23,27). The fourth-order valence-corrected chi connectivity index (χ4v) is 3.86. The lowest BCUT2D eigenvalue weighted by molar-refractivity contribution is -0.128. The number of para-hydroxylation sites is 1. The molecule has 0 spiro atoms. The molecule has 3 rings (SSSR count). The molecule has 0 fully saturated rings. The topological polar surface area (TPSA) is 77.2 Å². The second-order valence-corrected chi connectivity index (χ2v) is 7.16. The van der Waals surface area contributed by atoms with Crippen molar-refractivity contribution in [3.8, 4) is 0 Å². The SMILES string of the molecule is CCN(CC)CCNC(=O)CNC(=O)C1CCc2[nH]c3ccccc3c2C1. The number of hydrogen-bond donors (Lipinski definition) is 3. The molecule has 0 saturated heterocycles. The summed E-state index contributed by atoms with van der Waals surface area (Å²) >= 11 is 0. The Morgan fingerprint density at radius 2 is 1.96 bits per heavy atom. The number of likely N-dealkylation sites (N-methyl/N-ethyl adjacent to an activating group) is 1. The van der Waals surface area contributed by atoms with Gasteiger partial charge >= 0.3 is 0 Å². The maximum absolute atomic E-state index is 12.5. The molecule has 1 heterocycles. The minimum absolute atomic E-state index is 0.0233. The molecule has 2 aromatic rings. The van der Waals surface area contributed by atoms with E-state index in [1.165, 1.54) is 16.6 Å². The van der Waals surface area contributed by atoms with Gasteiger partial charge in [0.1, 0.15) is 0 Å². The average molecular weight is 370 g/mol. The van der Waals surface area contributed by atoms with E-state index in [4.69, 9.17) is 0 Å². The van der Waals surface area contributed by atoms with Gasteiger partial charge in [0.05, 0.1) is 6.54 Å². The highest BCUT2D eigenvalue weighted by Gasteiger charge is 2.27. The fourth-order valence-electron chi connectivity index (χ4n) is 3.86. The lowest BCUT2D eigenvalue weighted by Gasteiger charge is -2.22. The Morgan fingerprint density at radius 3 is 2.74 bits per heavy atom. The number of carbonyl (C=O) groups is 2. The van der Waals surface area contributed by atoms with Gasteiger partial charge in [0.2, 0.25) is 11.8 Å². The predicted octanol–water partition coefficient (Wildman–Crippen LogP) is 1.85. The molecule has 1 unspecified atom stereocenters. The minimum Gasteiger partial charge on any atom is -0.358 e. The van der Waals surface area contributed by atoms with Crippen LogP contribution in [0, 0.1) is 5.92 Å². The van der Waals surface area contributed by atoms with E-state index in [0.717, 1.165) is 44.4 Å². The summed E-state index contributed by atoms with van der Waals surface area (Å²) in [7, 11) is 0. The number of aromatic amines is 1. The van der Waals surface area contributed by atoms with Gasteiger partial charge in [-0.3, -0.25) is 9.59 Å². The van der Waals surface area contributed by atoms with Crippen molar-refractivity contribution in [1.29, 1.82) is 0 Å². The third-order valence-electron chi connectivity index (χ3n) is 5.53. The third-order valence-corrected chi connectivity index (χ3v) is 5.53. The zero-order valence-electron chi connectivity index (χ0n) is 16.3. The van der Waals surface area contributed by atoms with Gasteiger partial charge in [0.25, 0.3) is 0 Å². The quantitative estimate of drug-likeness (QED) is 0.664. The van der Waals surface area contributed by atoms with Crippen LogP contribution in [0.25, 0.3) is 10.9 Å². The van der Waals surface area contributed by atoms with Crippen LogP contribution < -0.4 is 10.6 Å². The van der Waals surface area contributed by atoms with Crippen molar-refractivity contribution in [3.05, 3.63) is 35.5 Å². The van der Waals surface area contributed by atoms with Crippen molar-refractivity contribution in [2.24, 2.45) is 5.92 Å². The van der Waals surface area contributed by atoms with E-state index in [-0.39, 0.29) is 24.3 Å². The number of H-pyrrole nitrogens is 1. The Labute approximate surface area is 160 Å². The van der Waals surface area contributed by atoms with Crippen LogP contribution >= 0.6 is 0 Å². The smallest absolute Gasteiger partial charge is 0.239 e. The summed E-state index contributed by atoms with van der Waals surface area (Å²) in [5, 5.41) is 6.90. The number of amides is 2. The molecule has 1 aliphatic rings. The van der Waals surface area contributed by atoms with Crippen molar-refractivity contribution < 1.29 is 9.59 Å². The Balaban J connectivity index is 1.47. The molecule has 1 aromatic heterocycles. The molecule has 1 aliphatic carbocycles. The molecule has 146 valence electrons. The van der Waals surface area contributed by atoms with Gasteiger partial charge in [0, 0.05) is 35.6 Å². The van der Waals surface area contributed by atoms with Crippen LogP contribution in [-0.4, -0.2) is 54.4 Å². The number of aryl methyl sites for hydroxylation is 1. The molecular weight excluding hydrogens is 340 g/mol. The van der Waals surface area contributed by atoms with Gasteiger partial charge in [-0.05, 0) is 44.0 Å². The highest BCUT2D eigenvalue weighted by Crippen LogP contribution is 2.31. The van der Waals surface area contributed by atoms with E-state index in [0.29, 0.717) is 6.54 Å². The summed E-state index contributed by atoms with van der Waals surface area (Å²) < 4.78 is 0. The van der Waals surface area contributed by atoms with E-state index < -0.39 is 0 Å². The molecule has 6 heteroatoms. The van der Waals surface area contributed by atoms with Crippen molar-refractivity contribution >= 4 is 22.7 Å². The predicted molar refractivity (Wildman–Crippen MR) is 108 cm³/mol. The van der Waals surface area contributed by atoms with Crippen molar-refractivity contribution in [3.63, 3.8) is 0 Å². The van der Waals surface area contributed by atoms with Crippen LogP contribution in [0.15, 0.2) is 24.3 Å². The Morgan fingerprint density at radius 1 is 1.19 bits per heavy atom. The zero-order chi connectivity index (χ0) is 19.2. The Bertz CT molecular complexity index is 795. The summed E-state index contributed by atoms with van der Waals surface area (Å²) in [5.41, 5.74) is 3.63. The lowest BCUT2D eigenvalue weighted by atomic mass is 9.86. The van der Waals surface area contributed by atoms with Gasteiger partial charge in [-0.1, -0.05) is 32.0 Å². The first-order valence-electron chi connectivity index (χ1n) is 9.97. The number of benzene rings is 1. The first-order chi connectivity index (χ1) is 13.1. The molecule has 0 saturated carbocycles. The van der Waals surface area contributed by atoms with Crippen LogP contribution in [0.4, 0.5) is 0 Å². The molecule has 1 atom stereocenters. The van der Waals surface area contributed by atoms with E-state index >= 15 is 0 Å². The molecular formula is C21H30N4O2. The largest absolute Gasteiger partial charge is 0.358 e. The molecule has 1 aromatic carbocycles. The molecule has 2 amide bonds. The Hall–Kier alpha value is -2.34. The van der Waals surface area contributed by atoms with Gasteiger partial charge in [-0.2, -0.15) is 0 Å². The maximum atomic E-state index is 12.5. The van der Waals surface area contributed by atoms with Crippen LogP contribution in [0.1, 0.15) is 31.5 Å². The monoisotopic (exact) mass is 370 g/mol. The molecule has 0 bridgehead atoms. The number of carbonyl (C=O) groups excluding carboxylic acids is 2. The van der Waals surface area contributed by atoms with E-state index in [1.807, 2.05) is 12.1 Å². The third kappa shape index (κ3) is 4.69. The molecule has 0 radical (unpaired) electrons. The van der Waals surface area contributed by atoms with Gasteiger partial charge in [-0.25, -0.2) is 0 Å². The van der Waals surface area contributed by atoms with E-state index in [9.17, 15) is 9.59 Å². The van der Waals surface area contributed by atoms with Gasteiger partial charge in [0.15, 0.2) is 0 Å². The summed E-state index contributed by atoms with van der Waals surface area (Å²) in [6.45, 7) is 7.65. The van der Waals surface area contributed by atoms with Gasteiger partial charge < -0.3 is 20.5 Å². The van der Waals surface area contributed by atoms with Crippen molar-refractivity contribution in [2.75, 3.05) is 32.7 Å². The van der Waals surface area contributed by atoms with Crippen LogP contribution in [0.2, 0.25) is 0 Å². The van der Waals surface area contributed by atoms with Crippen molar-refractivity contribution in [2.45, 2.75) is 33.1 Å². The van der Waals surface area contributed by atoms with Gasteiger partial charge in [-0.15, -0.1) is 0 Å². The van der Waals surface area contributed by atoms with Crippen LogP contribution in [-0.2, 0) is 22.4 Å². The number of hydrogen-bond acceptors (Lipinski definition) is 3. The molecule has 0 aliphatic heterocycles. The number of nitrogens with one attached hydrogen (secondary N) is 3. The molecule has 3 N–H and O–H groups in total. The minimum atomic E-state index is -0.126. The maximum Gasteiger partial charge on any atom is 0.239 e. The Kier molecular flexibility index (Phi) is 6.50. The summed E-state index contributed by atoms with van der Waals surface area (Å²) in [6, 6.07) is 8.23. The summed E-state index contributed by atoms with van der Waals surface area (Å²) in [4.78, 5) is 30.2. The first-order valence-corrected chi connectivity index (χ1v) is 9.97. The fraction of sp³-hybridized carbons (Fsp3) is 0.524. The van der Waals surface area contributed by atoms with E-state index in [2.05, 4.69) is 46.5 Å². The second-order valence-electron chi connectivity index (χ2n) is 7.16.